The molecule has 0 unspecified atom stereocenters. The molecule has 2 aromatic carbocycles. The van der Waals surface area contributed by atoms with Crippen molar-refractivity contribution < 1.29 is 9.52 Å². The molecular formula is C18H18N2O3. The zero-order chi connectivity index (χ0) is 16.4. The highest BCUT2D eigenvalue weighted by atomic mass is 16.4. The first kappa shape index (κ1) is 15.1. The van der Waals surface area contributed by atoms with E-state index in [1.54, 1.807) is 6.07 Å². The molecule has 1 N–H and O–H groups in total. The van der Waals surface area contributed by atoms with E-state index in [1.165, 1.54) is 4.68 Å². The van der Waals surface area contributed by atoms with E-state index in [0.29, 0.717) is 5.56 Å². The lowest BCUT2D eigenvalue weighted by atomic mass is 10.1. The van der Waals surface area contributed by atoms with E-state index < -0.39 is 5.76 Å². The van der Waals surface area contributed by atoms with Crippen molar-refractivity contribution in [2.75, 3.05) is 0 Å². The van der Waals surface area contributed by atoms with Crippen LogP contribution in [0.15, 0.2) is 51.7 Å². The Morgan fingerprint density at radius 1 is 1.17 bits per heavy atom. The molecule has 0 aliphatic rings. The van der Waals surface area contributed by atoms with Crippen LogP contribution in [0.1, 0.15) is 23.6 Å². The van der Waals surface area contributed by atoms with Gasteiger partial charge in [-0.3, -0.25) is 0 Å². The first-order valence-corrected chi connectivity index (χ1v) is 7.52. The van der Waals surface area contributed by atoms with E-state index in [0.717, 1.165) is 23.1 Å². The summed E-state index contributed by atoms with van der Waals surface area (Å²) < 4.78 is 6.45. The molecule has 23 heavy (non-hydrogen) atoms. The Labute approximate surface area is 133 Å². The van der Waals surface area contributed by atoms with Crippen LogP contribution in [0.25, 0.3) is 11.5 Å². The van der Waals surface area contributed by atoms with Crippen LogP contribution < -0.4 is 5.76 Å². The molecule has 0 atom stereocenters. The first-order valence-electron chi connectivity index (χ1n) is 7.52. The molecule has 0 fully saturated rings. The van der Waals surface area contributed by atoms with Crippen LogP contribution in [0.5, 0.6) is 5.75 Å². The Bertz CT molecular complexity index is 876. The van der Waals surface area contributed by atoms with Crippen molar-refractivity contribution in [2.24, 2.45) is 0 Å². The van der Waals surface area contributed by atoms with Gasteiger partial charge in [-0.1, -0.05) is 36.8 Å². The van der Waals surface area contributed by atoms with Crippen LogP contribution in [0.2, 0.25) is 0 Å². The highest BCUT2D eigenvalue weighted by molar-refractivity contribution is 5.52. The fraction of sp³-hybridized carbons (Fsp3) is 0.222. The number of aromatic nitrogens is 2. The topological polar surface area (TPSA) is 68.3 Å². The molecule has 0 bridgehead atoms. The number of aromatic hydroxyl groups is 1. The van der Waals surface area contributed by atoms with Gasteiger partial charge >= 0.3 is 5.76 Å². The van der Waals surface area contributed by atoms with Crippen LogP contribution in [0, 0.1) is 6.92 Å². The summed E-state index contributed by atoms with van der Waals surface area (Å²) in [5.74, 6) is -0.114. The summed E-state index contributed by atoms with van der Waals surface area (Å²) >= 11 is 0. The summed E-state index contributed by atoms with van der Waals surface area (Å²) in [6.07, 6.45) is 0.857. The number of phenols is 1. The molecule has 5 heteroatoms. The first-order chi connectivity index (χ1) is 11.1. The number of aryl methyl sites for hydroxylation is 2. The van der Waals surface area contributed by atoms with Gasteiger partial charge in [-0.15, -0.1) is 5.10 Å². The summed E-state index contributed by atoms with van der Waals surface area (Å²) in [7, 11) is 0. The molecule has 3 rings (SSSR count). The van der Waals surface area contributed by atoms with Crippen molar-refractivity contribution in [1.82, 2.24) is 9.78 Å². The number of hydrogen-bond donors (Lipinski definition) is 1. The molecule has 0 aliphatic carbocycles. The maximum atomic E-state index is 12.0. The van der Waals surface area contributed by atoms with Crippen LogP contribution in [-0.4, -0.2) is 14.9 Å². The number of rotatable bonds is 4. The second kappa shape index (κ2) is 6.12. The lowest BCUT2D eigenvalue weighted by Gasteiger charge is -2.05. The van der Waals surface area contributed by atoms with Crippen molar-refractivity contribution in [3.63, 3.8) is 0 Å². The van der Waals surface area contributed by atoms with Crippen molar-refractivity contribution in [2.45, 2.75) is 26.8 Å². The minimum absolute atomic E-state index is 0.147. The molecule has 0 saturated heterocycles. The Balaban J connectivity index is 1.93. The van der Waals surface area contributed by atoms with Crippen molar-refractivity contribution in [1.29, 1.82) is 0 Å². The Hall–Kier alpha value is -2.82. The monoisotopic (exact) mass is 310 g/mol. The van der Waals surface area contributed by atoms with Gasteiger partial charge in [0.15, 0.2) is 0 Å². The third kappa shape index (κ3) is 3.18. The number of nitrogens with zero attached hydrogens (tertiary/aromatic N) is 2. The van der Waals surface area contributed by atoms with E-state index in [9.17, 15) is 9.90 Å². The third-order valence-electron chi connectivity index (χ3n) is 3.78. The zero-order valence-electron chi connectivity index (χ0n) is 13.1. The molecule has 0 aliphatic heterocycles. The Morgan fingerprint density at radius 2 is 1.91 bits per heavy atom. The van der Waals surface area contributed by atoms with E-state index in [2.05, 4.69) is 5.10 Å². The number of phenolic OH excluding ortho intramolecular Hbond substituents is 1. The van der Waals surface area contributed by atoms with Gasteiger partial charge in [-0.2, -0.15) is 4.68 Å². The minimum Gasteiger partial charge on any atom is -0.508 e. The Kier molecular flexibility index (Phi) is 4.02. The molecule has 0 amide bonds. The molecule has 1 aromatic heterocycles. The molecular weight excluding hydrogens is 292 g/mol. The van der Waals surface area contributed by atoms with Crippen LogP contribution in [0.3, 0.4) is 0 Å². The lowest BCUT2D eigenvalue weighted by Crippen LogP contribution is -2.16. The van der Waals surface area contributed by atoms with Gasteiger partial charge in [0.1, 0.15) is 5.75 Å². The second-order valence-electron chi connectivity index (χ2n) is 5.51. The van der Waals surface area contributed by atoms with Gasteiger partial charge in [-0.25, -0.2) is 4.79 Å². The average molecular weight is 310 g/mol. The molecule has 0 saturated carbocycles. The van der Waals surface area contributed by atoms with Crippen molar-refractivity contribution >= 4 is 0 Å². The van der Waals surface area contributed by atoms with Gasteiger partial charge in [0.2, 0.25) is 5.89 Å². The van der Waals surface area contributed by atoms with E-state index in [4.69, 9.17) is 4.42 Å². The van der Waals surface area contributed by atoms with E-state index in [1.807, 2.05) is 50.2 Å². The third-order valence-corrected chi connectivity index (χ3v) is 3.78. The lowest BCUT2D eigenvalue weighted by molar-refractivity contribution is 0.457. The van der Waals surface area contributed by atoms with E-state index >= 15 is 0 Å². The maximum Gasteiger partial charge on any atom is 0.437 e. The minimum atomic E-state index is -0.540. The normalized spacial score (nSPS) is 10.9. The molecule has 118 valence electrons. The van der Waals surface area contributed by atoms with Crippen LogP contribution >= 0.6 is 0 Å². The summed E-state index contributed by atoms with van der Waals surface area (Å²) in [5, 5.41) is 14.2. The SMILES string of the molecule is CCc1ccc(O)c(Cn2nc(-c3ccc(C)cc3)oc2=O)c1. The average Bonchev–Trinajstić information content (AvgIpc) is 2.91. The maximum absolute atomic E-state index is 12.0. The smallest absolute Gasteiger partial charge is 0.437 e. The molecule has 1 heterocycles. The van der Waals surface area contributed by atoms with Gasteiger partial charge in [0.25, 0.3) is 0 Å². The van der Waals surface area contributed by atoms with Crippen molar-refractivity contribution in [3.8, 4) is 17.2 Å². The highest BCUT2D eigenvalue weighted by Crippen LogP contribution is 2.20. The quantitative estimate of drug-likeness (QED) is 0.804. The molecule has 0 spiro atoms. The van der Waals surface area contributed by atoms with Gasteiger partial charge in [0.05, 0.1) is 6.54 Å². The predicted molar refractivity (Wildman–Crippen MR) is 87.5 cm³/mol. The predicted octanol–water partition coefficient (Wildman–Crippen LogP) is 3.13. The zero-order valence-corrected chi connectivity index (χ0v) is 13.1. The van der Waals surface area contributed by atoms with Gasteiger partial charge < -0.3 is 9.52 Å². The Morgan fingerprint density at radius 3 is 2.61 bits per heavy atom. The summed E-state index contributed by atoms with van der Waals surface area (Å²) in [4.78, 5) is 12.0. The molecule has 5 nitrogen and oxygen atoms in total. The van der Waals surface area contributed by atoms with Gasteiger partial charge in [-0.05, 0) is 37.1 Å². The van der Waals surface area contributed by atoms with Crippen molar-refractivity contribution in [3.05, 3.63) is 69.7 Å². The second-order valence-corrected chi connectivity index (χ2v) is 5.51. The fourth-order valence-corrected chi connectivity index (χ4v) is 2.37. The number of benzene rings is 2. The van der Waals surface area contributed by atoms with Gasteiger partial charge in [0, 0.05) is 11.1 Å². The number of hydrogen-bond acceptors (Lipinski definition) is 4. The summed E-state index contributed by atoms with van der Waals surface area (Å²) in [5.41, 5.74) is 3.61. The summed E-state index contributed by atoms with van der Waals surface area (Å²) in [6.45, 7) is 4.20. The largest absolute Gasteiger partial charge is 0.508 e. The fourth-order valence-electron chi connectivity index (χ4n) is 2.37. The van der Waals surface area contributed by atoms with E-state index in [-0.39, 0.29) is 18.2 Å². The molecule has 0 radical (unpaired) electrons. The van der Waals surface area contributed by atoms with Crippen LogP contribution in [0.4, 0.5) is 0 Å². The molecule has 3 aromatic rings. The summed E-state index contributed by atoms with van der Waals surface area (Å²) in [6, 6.07) is 13.0. The van der Waals surface area contributed by atoms with Crippen LogP contribution in [-0.2, 0) is 13.0 Å². The standard InChI is InChI=1S/C18H18N2O3/c1-3-13-6-9-16(21)15(10-13)11-20-18(22)23-17(19-20)14-7-4-12(2)5-8-14/h4-10,21H,3,11H2,1-2H3. The highest BCUT2D eigenvalue weighted by Gasteiger charge is 2.12.